The van der Waals surface area contributed by atoms with Crippen LogP contribution in [0.4, 0.5) is 0 Å². The van der Waals surface area contributed by atoms with Crippen LogP contribution in [0.15, 0.2) is 28.1 Å². The monoisotopic (exact) mass is 369 g/mol. The third-order valence-corrected chi connectivity index (χ3v) is 4.72. The van der Waals surface area contributed by atoms with Crippen LogP contribution in [0.25, 0.3) is 21.7 Å². The number of fused-ring (bicyclic) bond motifs is 1. The molecule has 26 heavy (non-hydrogen) atoms. The summed E-state index contributed by atoms with van der Waals surface area (Å²) < 4.78 is 12.2. The van der Waals surface area contributed by atoms with Crippen molar-refractivity contribution in [3.05, 3.63) is 46.4 Å². The normalized spacial score (nSPS) is 11.2. The minimum absolute atomic E-state index is 0.0978. The van der Waals surface area contributed by atoms with Gasteiger partial charge in [0.05, 0.1) is 21.5 Å². The van der Waals surface area contributed by atoms with E-state index in [0.29, 0.717) is 28.1 Å². The number of esters is 1. The molecule has 0 aromatic carbocycles. The summed E-state index contributed by atoms with van der Waals surface area (Å²) in [6.45, 7) is 3.56. The third-order valence-electron chi connectivity index (χ3n) is 3.85. The van der Waals surface area contributed by atoms with Crippen molar-refractivity contribution in [1.82, 2.24) is 24.9 Å². The molecule has 132 valence electrons. The zero-order valence-electron chi connectivity index (χ0n) is 14.4. The Hall–Kier alpha value is -3.07. The number of carbonyl (C=O) groups is 1. The van der Waals surface area contributed by atoms with E-state index in [1.165, 1.54) is 11.3 Å². The number of aromatic nitrogens is 5. The summed E-state index contributed by atoms with van der Waals surface area (Å²) in [5.41, 5.74) is 2.51. The highest BCUT2D eigenvalue weighted by Crippen LogP contribution is 2.24. The second kappa shape index (κ2) is 6.34. The first-order chi connectivity index (χ1) is 12.5. The van der Waals surface area contributed by atoms with E-state index in [0.717, 1.165) is 10.6 Å². The molecule has 0 aliphatic heterocycles. The van der Waals surface area contributed by atoms with Crippen LogP contribution in [-0.2, 0) is 18.4 Å². The van der Waals surface area contributed by atoms with E-state index in [2.05, 4.69) is 20.2 Å². The van der Waals surface area contributed by atoms with Crippen LogP contribution in [0.2, 0.25) is 0 Å². The number of nitrogens with zero attached hydrogens (tertiary/aromatic N) is 5. The summed E-state index contributed by atoms with van der Waals surface area (Å²) in [6.07, 6.45) is 0. The first-order valence-electron chi connectivity index (χ1n) is 7.87. The second-order valence-corrected chi connectivity index (χ2v) is 6.73. The lowest BCUT2D eigenvalue weighted by atomic mass is 10.1. The topological polar surface area (TPSA) is 95.9 Å². The van der Waals surface area contributed by atoms with Gasteiger partial charge in [-0.1, -0.05) is 11.2 Å². The molecular formula is C17H15N5O3S. The average Bonchev–Trinajstić information content (AvgIpc) is 3.33. The highest BCUT2D eigenvalue weighted by Gasteiger charge is 2.20. The Morgan fingerprint density at radius 2 is 2.19 bits per heavy atom. The number of hydrogen-bond donors (Lipinski definition) is 0. The Morgan fingerprint density at radius 3 is 2.96 bits per heavy atom. The molecule has 8 nitrogen and oxygen atoms in total. The Balaban J connectivity index is 1.57. The van der Waals surface area contributed by atoms with Crippen LogP contribution in [0.5, 0.6) is 0 Å². The van der Waals surface area contributed by atoms with Crippen LogP contribution >= 0.6 is 11.3 Å². The van der Waals surface area contributed by atoms with E-state index in [4.69, 9.17) is 9.26 Å². The van der Waals surface area contributed by atoms with Crippen molar-refractivity contribution in [2.24, 2.45) is 7.05 Å². The molecule has 0 saturated heterocycles. The zero-order valence-corrected chi connectivity index (χ0v) is 15.2. The van der Waals surface area contributed by atoms with E-state index in [1.807, 2.05) is 31.4 Å². The number of thiophene rings is 1. The van der Waals surface area contributed by atoms with Gasteiger partial charge in [-0.25, -0.2) is 9.78 Å². The van der Waals surface area contributed by atoms with Gasteiger partial charge in [0, 0.05) is 12.7 Å². The van der Waals surface area contributed by atoms with Crippen molar-refractivity contribution in [3.8, 4) is 10.7 Å². The van der Waals surface area contributed by atoms with Gasteiger partial charge >= 0.3 is 5.97 Å². The smallest absolute Gasteiger partial charge is 0.339 e. The van der Waals surface area contributed by atoms with E-state index >= 15 is 0 Å². The van der Waals surface area contributed by atoms with Crippen molar-refractivity contribution < 1.29 is 14.1 Å². The molecule has 4 rings (SSSR count). The van der Waals surface area contributed by atoms with Crippen molar-refractivity contribution in [1.29, 1.82) is 0 Å². The Labute approximate surface area is 152 Å². The lowest BCUT2D eigenvalue weighted by molar-refractivity contribution is 0.0432. The van der Waals surface area contributed by atoms with Gasteiger partial charge in [-0.15, -0.1) is 11.3 Å². The van der Waals surface area contributed by atoms with E-state index in [-0.39, 0.29) is 12.5 Å². The maximum atomic E-state index is 12.6. The van der Waals surface area contributed by atoms with Crippen LogP contribution in [0.3, 0.4) is 0 Å². The molecule has 0 unspecified atom stereocenters. The number of aryl methyl sites for hydroxylation is 3. The average molecular weight is 369 g/mol. The Kier molecular flexibility index (Phi) is 4.00. The standard InChI is InChI=1S/C17H15N5O3S/c1-9-7-11(14-10(2)20-22(3)16(14)18-9)17(23)24-8-13-19-15(21-25-13)12-5-4-6-26-12/h4-7H,8H2,1-3H3. The van der Waals surface area contributed by atoms with Crippen LogP contribution in [0.1, 0.15) is 27.6 Å². The van der Waals surface area contributed by atoms with Gasteiger partial charge in [0.1, 0.15) is 0 Å². The number of rotatable bonds is 4. The van der Waals surface area contributed by atoms with Crippen molar-refractivity contribution >= 4 is 28.3 Å². The fourth-order valence-corrected chi connectivity index (χ4v) is 3.40. The van der Waals surface area contributed by atoms with Crippen LogP contribution < -0.4 is 0 Å². The zero-order chi connectivity index (χ0) is 18.3. The second-order valence-electron chi connectivity index (χ2n) is 5.78. The lowest BCUT2D eigenvalue weighted by Gasteiger charge is -2.05. The number of hydrogen-bond acceptors (Lipinski definition) is 8. The molecule has 0 amide bonds. The minimum Gasteiger partial charge on any atom is -0.452 e. The van der Waals surface area contributed by atoms with Gasteiger partial charge in [-0.2, -0.15) is 10.1 Å². The molecule has 0 aliphatic carbocycles. The van der Waals surface area contributed by atoms with Crippen LogP contribution in [0, 0.1) is 13.8 Å². The summed E-state index contributed by atoms with van der Waals surface area (Å²) in [6, 6.07) is 5.50. The first kappa shape index (κ1) is 16.4. The molecular weight excluding hydrogens is 354 g/mol. The van der Waals surface area contributed by atoms with E-state index < -0.39 is 5.97 Å². The maximum Gasteiger partial charge on any atom is 0.339 e. The molecule has 0 atom stereocenters. The molecule has 0 aliphatic rings. The van der Waals surface area contributed by atoms with Crippen LogP contribution in [-0.4, -0.2) is 30.9 Å². The van der Waals surface area contributed by atoms with Crippen molar-refractivity contribution in [2.75, 3.05) is 0 Å². The lowest BCUT2D eigenvalue weighted by Crippen LogP contribution is -2.08. The van der Waals surface area contributed by atoms with E-state index in [1.54, 1.807) is 17.8 Å². The predicted octanol–water partition coefficient (Wildman–Crippen LogP) is 3.05. The molecule has 0 fully saturated rings. The summed E-state index contributed by atoms with van der Waals surface area (Å²) in [5.74, 6) is 0.246. The van der Waals surface area contributed by atoms with Gasteiger partial charge in [0.2, 0.25) is 5.82 Å². The van der Waals surface area contributed by atoms with Gasteiger partial charge < -0.3 is 9.26 Å². The minimum atomic E-state index is -0.479. The van der Waals surface area contributed by atoms with Gasteiger partial charge in [0.25, 0.3) is 5.89 Å². The molecule has 0 spiro atoms. The molecule has 4 aromatic rings. The number of ether oxygens (including phenoxy) is 1. The highest BCUT2D eigenvalue weighted by atomic mass is 32.1. The molecule has 0 saturated carbocycles. The van der Waals surface area contributed by atoms with E-state index in [9.17, 15) is 4.79 Å². The van der Waals surface area contributed by atoms with Gasteiger partial charge in [0.15, 0.2) is 12.3 Å². The maximum absolute atomic E-state index is 12.6. The quantitative estimate of drug-likeness (QED) is 0.510. The predicted molar refractivity (Wildman–Crippen MR) is 94.7 cm³/mol. The highest BCUT2D eigenvalue weighted by molar-refractivity contribution is 7.13. The summed E-state index contributed by atoms with van der Waals surface area (Å²) >= 11 is 1.51. The number of pyridine rings is 1. The molecule has 9 heteroatoms. The fraction of sp³-hybridized carbons (Fsp3) is 0.235. The Bertz CT molecular complexity index is 1100. The van der Waals surface area contributed by atoms with Gasteiger partial charge in [-0.3, -0.25) is 4.68 Å². The third kappa shape index (κ3) is 2.86. The first-order valence-corrected chi connectivity index (χ1v) is 8.75. The fourth-order valence-electron chi connectivity index (χ4n) is 2.76. The SMILES string of the molecule is Cc1cc(C(=O)OCc2nc(-c3cccs3)no2)c2c(C)nn(C)c2n1. The molecule has 4 heterocycles. The molecule has 0 radical (unpaired) electrons. The van der Waals surface area contributed by atoms with Gasteiger partial charge in [-0.05, 0) is 31.4 Å². The summed E-state index contributed by atoms with van der Waals surface area (Å²) in [5, 5.41) is 10.8. The Morgan fingerprint density at radius 1 is 1.35 bits per heavy atom. The number of carbonyl (C=O) groups excluding carboxylic acids is 1. The molecule has 0 N–H and O–H groups in total. The summed E-state index contributed by atoms with van der Waals surface area (Å²) in [7, 11) is 1.79. The summed E-state index contributed by atoms with van der Waals surface area (Å²) in [4.78, 5) is 22.2. The van der Waals surface area contributed by atoms with Crippen molar-refractivity contribution in [3.63, 3.8) is 0 Å². The molecule has 0 bridgehead atoms. The van der Waals surface area contributed by atoms with Crippen molar-refractivity contribution in [2.45, 2.75) is 20.5 Å². The molecule has 4 aromatic heterocycles. The largest absolute Gasteiger partial charge is 0.452 e.